The molecular weight excluding hydrogens is 615 g/mol. The molecule has 2 aliphatic rings. The van der Waals surface area contributed by atoms with Crippen LogP contribution in [0.3, 0.4) is 0 Å². The van der Waals surface area contributed by atoms with Gasteiger partial charge in [-0.05, 0) is 54.3 Å². The van der Waals surface area contributed by atoms with Crippen LogP contribution in [0.4, 0.5) is 0 Å². The van der Waals surface area contributed by atoms with Gasteiger partial charge in [0.05, 0.1) is 27.2 Å². The zero-order valence-corrected chi connectivity index (χ0v) is 29.9. The lowest BCUT2D eigenvalue weighted by molar-refractivity contribution is -0.890. The topological polar surface area (TPSA) is 74.8 Å². The molecule has 250 valence electrons. The Labute approximate surface area is 285 Å². The number of amides is 4. The minimum atomic E-state index is -1.44. The van der Waals surface area contributed by atoms with Crippen LogP contribution in [0.15, 0.2) is 72.8 Å². The number of quaternary nitrogens is 1. The van der Waals surface area contributed by atoms with Gasteiger partial charge in [0.2, 0.25) is 0 Å². The highest BCUT2D eigenvalue weighted by Gasteiger charge is 2.34. The first kappa shape index (κ1) is 33.7. The van der Waals surface area contributed by atoms with E-state index < -0.39 is 8.07 Å². The third-order valence-electron chi connectivity index (χ3n) is 10.5. The molecule has 7 nitrogen and oxygen atoms in total. The first-order valence-corrected chi connectivity index (χ1v) is 21.0. The summed E-state index contributed by atoms with van der Waals surface area (Å²) in [5.74, 6) is -0.694. The van der Waals surface area contributed by atoms with Gasteiger partial charge >= 0.3 is 0 Å². The van der Waals surface area contributed by atoms with Crippen molar-refractivity contribution in [3.05, 3.63) is 95.1 Å². The van der Waals surface area contributed by atoms with E-state index in [-0.39, 0.29) is 23.6 Å². The molecule has 2 heterocycles. The van der Waals surface area contributed by atoms with Crippen LogP contribution in [0.25, 0.3) is 21.5 Å². The molecule has 0 spiro atoms. The van der Waals surface area contributed by atoms with Crippen molar-refractivity contribution in [1.29, 1.82) is 0 Å². The summed E-state index contributed by atoms with van der Waals surface area (Å²) in [4.78, 5) is 55.8. The van der Waals surface area contributed by atoms with Crippen molar-refractivity contribution < 1.29 is 23.7 Å². The van der Waals surface area contributed by atoms with Gasteiger partial charge in [-0.2, -0.15) is 0 Å². The molecule has 4 amide bonds. The van der Waals surface area contributed by atoms with Crippen LogP contribution in [0.5, 0.6) is 0 Å². The molecule has 0 aromatic heterocycles. The molecule has 0 aliphatic carbocycles. The van der Waals surface area contributed by atoms with Gasteiger partial charge in [0.25, 0.3) is 23.6 Å². The molecule has 0 saturated heterocycles. The lowest BCUT2D eigenvalue weighted by Gasteiger charge is -2.32. The van der Waals surface area contributed by atoms with E-state index in [1.807, 2.05) is 72.8 Å². The Morgan fingerprint density at radius 1 is 0.500 bits per heavy atom. The number of carbonyl (C=O) groups is 4. The van der Waals surface area contributed by atoms with Crippen molar-refractivity contribution in [3.8, 4) is 0 Å². The third-order valence-corrected chi connectivity index (χ3v) is 13.9. The van der Waals surface area contributed by atoms with Crippen molar-refractivity contribution in [2.45, 2.75) is 63.7 Å². The van der Waals surface area contributed by atoms with Crippen LogP contribution >= 0.6 is 0 Å². The van der Waals surface area contributed by atoms with Gasteiger partial charge < -0.3 is 4.48 Å². The Bertz CT molecular complexity index is 1660. The molecular formula is C40H48N3O4Si+. The maximum Gasteiger partial charge on any atom is 0.261 e. The second-order valence-electron chi connectivity index (χ2n) is 15.1. The number of carbonyl (C=O) groups excluding carboxylic acids is 4. The number of hydrogen-bond acceptors (Lipinski definition) is 4. The summed E-state index contributed by atoms with van der Waals surface area (Å²) in [5, 5.41) is 3.45. The lowest BCUT2D eigenvalue weighted by Crippen LogP contribution is -2.45. The largest absolute Gasteiger partial charge is 0.328 e. The molecule has 2 aliphatic heterocycles. The van der Waals surface area contributed by atoms with E-state index in [2.05, 4.69) is 27.2 Å². The predicted molar refractivity (Wildman–Crippen MR) is 195 cm³/mol. The molecule has 0 N–H and O–H groups in total. The molecule has 0 atom stereocenters. The molecule has 0 radical (unpaired) electrons. The van der Waals surface area contributed by atoms with Gasteiger partial charge in [0.15, 0.2) is 0 Å². The van der Waals surface area contributed by atoms with Crippen molar-refractivity contribution >= 4 is 53.2 Å². The molecule has 8 heteroatoms. The first-order valence-electron chi connectivity index (χ1n) is 17.6. The molecule has 0 unspecified atom stereocenters. The summed E-state index contributed by atoms with van der Waals surface area (Å²) in [6, 6.07) is 25.1. The summed E-state index contributed by atoms with van der Waals surface area (Å²) in [6.07, 6.45) is 6.41. The van der Waals surface area contributed by atoms with Crippen LogP contribution in [0.1, 0.15) is 80.0 Å². The molecule has 6 rings (SSSR count). The van der Waals surface area contributed by atoms with Crippen LogP contribution < -0.4 is 0 Å². The highest BCUT2D eigenvalue weighted by molar-refractivity contribution is 6.77. The van der Waals surface area contributed by atoms with Crippen LogP contribution in [0, 0.1) is 0 Å². The van der Waals surface area contributed by atoms with Gasteiger partial charge in [-0.15, -0.1) is 0 Å². The van der Waals surface area contributed by atoms with Crippen LogP contribution in [-0.4, -0.2) is 86.3 Å². The SMILES string of the molecule is C[N+](C)(CCCCCC[Si](C)(C)CCCN1C(=O)c2cccc3cccc(c23)C1=O)CCCN1C(=O)c2cccc3cccc(c23)C1=O. The van der Waals surface area contributed by atoms with Gasteiger partial charge in [-0.1, -0.05) is 86.6 Å². The summed E-state index contributed by atoms with van der Waals surface area (Å²) in [7, 11) is 3.03. The molecule has 48 heavy (non-hydrogen) atoms. The Kier molecular flexibility index (Phi) is 9.68. The molecule has 0 saturated carbocycles. The summed E-state index contributed by atoms with van der Waals surface area (Å²) >= 11 is 0. The van der Waals surface area contributed by atoms with Crippen molar-refractivity contribution in [2.24, 2.45) is 0 Å². The fourth-order valence-electron chi connectivity index (χ4n) is 7.67. The lowest BCUT2D eigenvalue weighted by atomic mass is 9.94. The Hall–Kier alpha value is -4.14. The minimum absolute atomic E-state index is 0.165. The number of unbranched alkanes of at least 4 members (excludes halogenated alkanes) is 3. The van der Waals surface area contributed by atoms with Gasteiger partial charge in [0.1, 0.15) is 0 Å². The fraction of sp³-hybridized carbons (Fsp3) is 0.400. The Morgan fingerprint density at radius 2 is 0.875 bits per heavy atom. The smallest absolute Gasteiger partial charge is 0.261 e. The maximum absolute atomic E-state index is 13.2. The summed E-state index contributed by atoms with van der Waals surface area (Å²) in [6.45, 7) is 7.76. The quantitative estimate of drug-likeness (QED) is 0.0560. The summed E-state index contributed by atoms with van der Waals surface area (Å²) < 4.78 is 0.871. The second-order valence-corrected chi connectivity index (χ2v) is 20.4. The van der Waals surface area contributed by atoms with Crippen molar-refractivity contribution in [3.63, 3.8) is 0 Å². The number of nitrogens with zero attached hydrogens (tertiary/aromatic N) is 3. The van der Waals surface area contributed by atoms with Crippen LogP contribution in [0.2, 0.25) is 25.2 Å². The van der Waals surface area contributed by atoms with E-state index in [1.165, 1.54) is 35.1 Å². The molecule has 0 bridgehead atoms. The third kappa shape index (κ3) is 6.87. The average Bonchev–Trinajstić information content (AvgIpc) is 3.07. The van der Waals surface area contributed by atoms with E-state index in [0.29, 0.717) is 35.3 Å². The number of imide groups is 2. The van der Waals surface area contributed by atoms with Gasteiger partial charge in [0, 0.05) is 60.6 Å². The van der Waals surface area contributed by atoms with E-state index in [1.54, 1.807) is 0 Å². The predicted octanol–water partition coefficient (Wildman–Crippen LogP) is 8.01. The van der Waals surface area contributed by atoms with E-state index in [4.69, 9.17) is 0 Å². The molecule has 4 aromatic carbocycles. The fourth-order valence-corrected chi connectivity index (χ4v) is 10.2. The van der Waals surface area contributed by atoms with E-state index in [0.717, 1.165) is 64.4 Å². The zero-order valence-electron chi connectivity index (χ0n) is 28.9. The molecule has 4 aromatic rings. The monoisotopic (exact) mass is 662 g/mol. The van der Waals surface area contributed by atoms with Crippen molar-refractivity contribution in [1.82, 2.24) is 9.80 Å². The van der Waals surface area contributed by atoms with E-state index in [9.17, 15) is 19.2 Å². The summed E-state index contributed by atoms with van der Waals surface area (Å²) in [5.41, 5.74) is 2.52. The highest BCUT2D eigenvalue weighted by Crippen LogP contribution is 2.32. The van der Waals surface area contributed by atoms with Crippen molar-refractivity contribution in [2.75, 3.05) is 40.3 Å². The number of hydrogen-bond donors (Lipinski definition) is 0. The minimum Gasteiger partial charge on any atom is -0.328 e. The van der Waals surface area contributed by atoms with Crippen LogP contribution in [-0.2, 0) is 0 Å². The standard InChI is InChI=1S/C40H48N3O4Si/c1-43(2,26-13-23-41-37(44)31-19-9-15-29-16-10-20-32(35(29)31)38(41)45)25-7-5-6-8-27-48(3,4)28-14-24-42-39(46)33-21-11-17-30-18-12-22-34(36(30)33)40(42)47/h9-12,15-22H,5-8,13-14,23-28H2,1-4H3/q+1. The number of rotatable bonds is 15. The van der Waals surface area contributed by atoms with Gasteiger partial charge in [-0.25, -0.2) is 0 Å². The van der Waals surface area contributed by atoms with Gasteiger partial charge in [-0.3, -0.25) is 29.0 Å². The number of benzene rings is 4. The average molecular weight is 663 g/mol. The zero-order chi connectivity index (χ0) is 34.1. The highest BCUT2D eigenvalue weighted by atomic mass is 28.3. The maximum atomic E-state index is 13.2. The normalized spacial score (nSPS) is 14.9. The molecule has 0 fully saturated rings. The Balaban J connectivity index is 0.885. The van der Waals surface area contributed by atoms with E-state index >= 15 is 0 Å². The first-order chi connectivity index (χ1) is 23.0. The second kappa shape index (κ2) is 13.8. The Morgan fingerprint density at radius 3 is 1.33 bits per heavy atom.